The van der Waals surface area contributed by atoms with E-state index in [2.05, 4.69) is 36.3 Å². The number of anilines is 1. The van der Waals surface area contributed by atoms with Crippen molar-refractivity contribution in [1.82, 2.24) is 10.2 Å². The molecule has 0 fully saturated rings. The highest BCUT2D eigenvalue weighted by Gasteiger charge is 2.17. The van der Waals surface area contributed by atoms with Gasteiger partial charge in [0.15, 0.2) is 4.34 Å². The number of nitrogens with one attached hydrogen (secondary N) is 1. The van der Waals surface area contributed by atoms with Gasteiger partial charge in [-0.05, 0) is 20.3 Å². The summed E-state index contributed by atoms with van der Waals surface area (Å²) in [5.74, 6) is -0.824. The molecule has 16 heavy (non-hydrogen) atoms. The van der Waals surface area contributed by atoms with Crippen molar-refractivity contribution >= 4 is 34.2 Å². The highest BCUT2D eigenvalue weighted by Crippen LogP contribution is 2.27. The van der Waals surface area contributed by atoms with Crippen LogP contribution in [0.5, 0.6) is 0 Å². The zero-order valence-corrected chi connectivity index (χ0v) is 11.1. The molecule has 0 radical (unpaired) electrons. The van der Waals surface area contributed by atoms with Crippen LogP contribution in [0.25, 0.3) is 0 Å². The molecular formula is C9H15N3O2S2. The molecule has 0 aliphatic rings. The molecule has 0 amide bonds. The van der Waals surface area contributed by atoms with Gasteiger partial charge in [-0.25, -0.2) is 0 Å². The molecule has 0 aliphatic heterocycles. The number of hydrogen-bond donors (Lipinski definition) is 2. The first-order valence-corrected chi connectivity index (χ1v) is 6.69. The maximum Gasteiger partial charge on any atom is 0.313 e. The third-order valence-corrected chi connectivity index (χ3v) is 4.01. The van der Waals surface area contributed by atoms with E-state index >= 15 is 0 Å². The molecule has 1 rings (SSSR count). The van der Waals surface area contributed by atoms with Gasteiger partial charge in [0.25, 0.3) is 0 Å². The standard InChI is InChI=1S/C9H15N3O2S2/c1-4-9(2,3)10-7-11-12-8(16-7)15-5-6(13)14/h4-5H2,1-3H3,(H,10,11)(H,13,14). The third kappa shape index (κ3) is 4.36. The van der Waals surface area contributed by atoms with Gasteiger partial charge in [-0.2, -0.15) is 0 Å². The SMILES string of the molecule is CCC(C)(C)Nc1nnc(SCC(=O)O)s1. The summed E-state index contributed by atoms with van der Waals surface area (Å²) in [6.07, 6.45) is 0.976. The maximum atomic E-state index is 10.4. The number of carboxylic acids is 1. The van der Waals surface area contributed by atoms with Gasteiger partial charge in [-0.1, -0.05) is 30.0 Å². The normalized spacial score (nSPS) is 11.4. The lowest BCUT2D eigenvalue weighted by atomic mass is 10.0. The molecule has 1 heterocycles. The van der Waals surface area contributed by atoms with Crippen molar-refractivity contribution in [1.29, 1.82) is 0 Å². The van der Waals surface area contributed by atoms with Gasteiger partial charge in [0.05, 0.1) is 5.75 Å². The summed E-state index contributed by atoms with van der Waals surface area (Å²) in [6, 6.07) is 0. The zero-order valence-electron chi connectivity index (χ0n) is 9.48. The zero-order chi connectivity index (χ0) is 12.2. The largest absolute Gasteiger partial charge is 0.481 e. The van der Waals surface area contributed by atoms with Crippen molar-refractivity contribution in [3.05, 3.63) is 0 Å². The number of nitrogens with zero attached hydrogens (tertiary/aromatic N) is 2. The monoisotopic (exact) mass is 261 g/mol. The molecule has 2 N–H and O–H groups in total. The molecule has 0 aliphatic carbocycles. The molecule has 0 aromatic carbocycles. The predicted octanol–water partition coefficient (Wildman–Crippen LogP) is 2.32. The Balaban J connectivity index is 2.54. The molecule has 1 aromatic heterocycles. The highest BCUT2D eigenvalue weighted by molar-refractivity contribution is 8.01. The number of hydrogen-bond acceptors (Lipinski definition) is 6. The molecule has 0 saturated carbocycles. The minimum atomic E-state index is -0.844. The predicted molar refractivity (Wildman–Crippen MR) is 66.3 cm³/mol. The smallest absolute Gasteiger partial charge is 0.313 e. The molecule has 5 nitrogen and oxygen atoms in total. The first-order chi connectivity index (χ1) is 7.43. The van der Waals surface area contributed by atoms with Crippen LogP contribution >= 0.6 is 23.1 Å². The van der Waals surface area contributed by atoms with E-state index in [0.29, 0.717) is 4.34 Å². The van der Waals surface area contributed by atoms with Crippen molar-refractivity contribution in [2.75, 3.05) is 11.1 Å². The average Bonchev–Trinajstić information content (AvgIpc) is 2.62. The quantitative estimate of drug-likeness (QED) is 0.765. The van der Waals surface area contributed by atoms with Gasteiger partial charge in [0.1, 0.15) is 0 Å². The van der Waals surface area contributed by atoms with Crippen molar-refractivity contribution in [2.45, 2.75) is 37.1 Å². The summed E-state index contributed by atoms with van der Waals surface area (Å²) in [5, 5.41) is 20.4. The van der Waals surface area contributed by atoms with Crippen molar-refractivity contribution in [3.8, 4) is 0 Å². The van der Waals surface area contributed by atoms with E-state index in [9.17, 15) is 4.79 Å². The number of thioether (sulfide) groups is 1. The lowest BCUT2D eigenvalue weighted by Crippen LogP contribution is -2.29. The van der Waals surface area contributed by atoms with E-state index in [-0.39, 0.29) is 11.3 Å². The Kier molecular flexibility index (Phi) is 4.55. The third-order valence-electron chi connectivity index (χ3n) is 2.05. The Morgan fingerprint density at radius 2 is 2.25 bits per heavy atom. The van der Waals surface area contributed by atoms with Crippen LogP contribution in [-0.2, 0) is 4.79 Å². The second-order valence-corrected chi connectivity index (χ2v) is 6.12. The number of rotatable bonds is 6. The second kappa shape index (κ2) is 5.49. The van der Waals surface area contributed by atoms with Crippen LogP contribution in [0.4, 0.5) is 5.13 Å². The Hall–Kier alpha value is -0.820. The summed E-state index contributed by atoms with van der Waals surface area (Å²) in [6.45, 7) is 6.26. The van der Waals surface area contributed by atoms with Gasteiger partial charge in [0, 0.05) is 5.54 Å². The minimum Gasteiger partial charge on any atom is -0.481 e. The Labute approximate surface area is 103 Å². The molecule has 90 valence electrons. The fourth-order valence-corrected chi connectivity index (χ4v) is 2.47. The topological polar surface area (TPSA) is 75.1 Å². The maximum absolute atomic E-state index is 10.4. The second-order valence-electron chi connectivity index (χ2n) is 3.92. The molecule has 7 heteroatoms. The molecule has 0 spiro atoms. The van der Waals surface area contributed by atoms with Crippen LogP contribution in [0.15, 0.2) is 4.34 Å². The van der Waals surface area contributed by atoms with E-state index in [0.717, 1.165) is 11.6 Å². The highest BCUT2D eigenvalue weighted by atomic mass is 32.2. The van der Waals surface area contributed by atoms with Crippen LogP contribution in [0.1, 0.15) is 27.2 Å². The molecular weight excluding hydrogens is 246 g/mol. The lowest BCUT2D eigenvalue weighted by Gasteiger charge is -2.23. The molecule has 0 unspecified atom stereocenters. The fraction of sp³-hybridized carbons (Fsp3) is 0.667. The Bertz CT molecular complexity index is 365. The van der Waals surface area contributed by atoms with Gasteiger partial charge >= 0.3 is 5.97 Å². The van der Waals surface area contributed by atoms with E-state index < -0.39 is 5.97 Å². The van der Waals surface area contributed by atoms with Crippen molar-refractivity contribution in [3.63, 3.8) is 0 Å². The van der Waals surface area contributed by atoms with Crippen LogP contribution in [-0.4, -0.2) is 32.6 Å². The first kappa shape index (κ1) is 13.2. The molecule has 1 aromatic rings. The number of aliphatic carboxylic acids is 1. The molecule has 0 atom stereocenters. The molecule has 0 saturated heterocycles. The van der Waals surface area contributed by atoms with Crippen molar-refractivity contribution < 1.29 is 9.90 Å². The number of carbonyl (C=O) groups is 1. The summed E-state index contributed by atoms with van der Waals surface area (Å²) in [5.41, 5.74) is -0.0196. The minimum absolute atomic E-state index is 0.0196. The fourth-order valence-electron chi connectivity index (χ4n) is 0.820. The molecule has 0 bridgehead atoms. The van der Waals surface area contributed by atoms with E-state index in [1.165, 1.54) is 23.1 Å². The Morgan fingerprint density at radius 3 is 2.81 bits per heavy atom. The van der Waals surface area contributed by atoms with Crippen molar-refractivity contribution in [2.24, 2.45) is 0 Å². The first-order valence-electron chi connectivity index (χ1n) is 4.89. The van der Waals surface area contributed by atoms with E-state index in [1.807, 2.05) is 0 Å². The average molecular weight is 261 g/mol. The summed E-state index contributed by atoms with van der Waals surface area (Å²) >= 11 is 2.57. The van der Waals surface area contributed by atoms with Crippen LogP contribution in [0, 0.1) is 0 Å². The van der Waals surface area contributed by atoms with Crippen LogP contribution in [0.2, 0.25) is 0 Å². The summed E-state index contributed by atoms with van der Waals surface area (Å²) in [7, 11) is 0. The van der Waals surface area contributed by atoms with Gasteiger partial charge in [-0.3, -0.25) is 4.79 Å². The Morgan fingerprint density at radius 1 is 1.56 bits per heavy atom. The van der Waals surface area contributed by atoms with Gasteiger partial charge < -0.3 is 10.4 Å². The van der Waals surface area contributed by atoms with Crippen LogP contribution in [0.3, 0.4) is 0 Å². The summed E-state index contributed by atoms with van der Waals surface area (Å²) < 4.78 is 0.678. The summed E-state index contributed by atoms with van der Waals surface area (Å²) in [4.78, 5) is 10.4. The van der Waals surface area contributed by atoms with E-state index in [4.69, 9.17) is 5.11 Å². The van der Waals surface area contributed by atoms with Gasteiger partial charge in [-0.15, -0.1) is 10.2 Å². The lowest BCUT2D eigenvalue weighted by molar-refractivity contribution is -0.133. The van der Waals surface area contributed by atoms with E-state index in [1.54, 1.807) is 0 Å². The number of carboxylic acid groups (broad SMARTS) is 1. The van der Waals surface area contributed by atoms with Gasteiger partial charge in [0.2, 0.25) is 5.13 Å². The number of aromatic nitrogens is 2. The van der Waals surface area contributed by atoms with Crippen LogP contribution < -0.4 is 5.32 Å².